The van der Waals surface area contributed by atoms with E-state index in [1.165, 1.54) is 0 Å². The van der Waals surface area contributed by atoms with Crippen LogP contribution >= 0.6 is 0 Å². The molecule has 6 nitrogen and oxygen atoms in total. The normalized spacial score (nSPS) is 22.0. The van der Waals surface area contributed by atoms with Gasteiger partial charge in [-0.3, -0.25) is 14.3 Å². The molecule has 2 aliphatic heterocycles. The second-order valence-corrected chi connectivity index (χ2v) is 7.08. The summed E-state index contributed by atoms with van der Waals surface area (Å²) in [5, 5.41) is 4.25. The first-order valence-electron chi connectivity index (χ1n) is 8.51. The Bertz CT molecular complexity index is 601. The van der Waals surface area contributed by atoms with Gasteiger partial charge in [-0.25, -0.2) is 0 Å². The third-order valence-corrected chi connectivity index (χ3v) is 5.41. The standard InChI is InChI=1S/C17H26N4O2/c1-4-19-12-17(9-15(19)22)5-7-20(8-6-17)16(23)14(3)21-11-13(2)10-18-21/h10-11,14H,4-9,12H2,1-3H3/t14-/m0/s1. The molecular weight excluding hydrogens is 292 g/mol. The predicted octanol–water partition coefficient (Wildman–Crippen LogP) is 1.61. The number of hydrogen-bond acceptors (Lipinski definition) is 3. The highest BCUT2D eigenvalue weighted by molar-refractivity contribution is 5.81. The number of nitrogens with zero attached hydrogens (tertiary/aromatic N) is 4. The minimum Gasteiger partial charge on any atom is -0.342 e. The molecule has 0 aliphatic carbocycles. The molecule has 2 aliphatic rings. The number of aromatic nitrogens is 2. The number of carbonyl (C=O) groups is 2. The van der Waals surface area contributed by atoms with Crippen molar-refractivity contribution in [3.8, 4) is 0 Å². The maximum atomic E-state index is 12.7. The highest BCUT2D eigenvalue weighted by Crippen LogP contribution is 2.41. The van der Waals surface area contributed by atoms with Crippen molar-refractivity contribution in [2.75, 3.05) is 26.2 Å². The zero-order valence-corrected chi connectivity index (χ0v) is 14.3. The summed E-state index contributed by atoms with van der Waals surface area (Å²) in [5.74, 6) is 0.396. The van der Waals surface area contributed by atoms with Gasteiger partial charge in [-0.15, -0.1) is 0 Å². The van der Waals surface area contributed by atoms with Crippen LogP contribution in [0.1, 0.15) is 44.7 Å². The van der Waals surface area contributed by atoms with Crippen molar-refractivity contribution in [3.63, 3.8) is 0 Å². The minimum atomic E-state index is -0.268. The van der Waals surface area contributed by atoms with Crippen LogP contribution in [0.15, 0.2) is 12.4 Å². The van der Waals surface area contributed by atoms with Crippen LogP contribution in [0, 0.1) is 12.3 Å². The Hall–Kier alpha value is -1.85. The molecule has 2 fully saturated rings. The quantitative estimate of drug-likeness (QED) is 0.851. The van der Waals surface area contributed by atoms with Gasteiger partial charge in [0.15, 0.2) is 0 Å². The van der Waals surface area contributed by atoms with Crippen LogP contribution in [0.4, 0.5) is 0 Å². The van der Waals surface area contributed by atoms with E-state index in [1.807, 2.05) is 36.8 Å². The number of aryl methyl sites for hydroxylation is 1. The van der Waals surface area contributed by atoms with Crippen molar-refractivity contribution >= 4 is 11.8 Å². The summed E-state index contributed by atoms with van der Waals surface area (Å²) in [6.45, 7) is 9.04. The summed E-state index contributed by atoms with van der Waals surface area (Å²) in [4.78, 5) is 28.6. The first kappa shape index (κ1) is 16.0. The van der Waals surface area contributed by atoms with Gasteiger partial charge < -0.3 is 9.80 Å². The zero-order chi connectivity index (χ0) is 16.6. The van der Waals surface area contributed by atoms with E-state index in [0.29, 0.717) is 6.42 Å². The van der Waals surface area contributed by atoms with Gasteiger partial charge >= 0.3 is 0 Å². The number of carbonyl (C=O) groups excluding carboxylic acids is 2. The molecule has 3 heterocycles. The number of piperidine rings is 1. The summed E-state index contributed by atoms with van der Waals surface area (Å²) >= 11 is 0. The van der Waals surface area contributed by atoms with Crippen molar-refractivity contribution in [2.24, 2.45) is 5.41 Å². The number of amides is 2. The largest absolute Gasteiger partial charge is 0.342 e. The highest BCUT2D eigenvalue weighted by atomic mass is 16.2. The average molecular weight is 318 g/mol. The number of likely N-dealkylation sites (tertiary alicyclic amines) is 2. The van der Waals surface area contributed by atoms with Crippen LogP contribution < -0.4 is 0 Å². The summed E-state index contributed by atoms with van der Waals surface area (Å²) in [6.07, 6.45) is 6.18. The summed E-state index contributed by atoms with van der Waals surface area (Å²) < 4.78 is 1.74. The lowest BCUT2D eigenvalue weighted by atomic mass is 9.77. The van der Waals surface area contributed by atoms with Gasteiger partial charge in [0, 0.05) is 44.2 Å². The van der Waals surface area contributed by atoms with Crippen molar-refractivity contribution < 1.29 is 9.59 Å². The Morgan fingerprint density at radius 2 is 2.09 bits per heavy atom. The fraction of sp³-hybridized carbons (Fsp3) is 0.706. The molecule has 6 heteroatoms. The van der Waals surface area contributed by atoms with Crippen molar-refractivity contribution in [3.05, 3.63) is 18.0 Å². The molecule has 1 aromatic rings. The van der Waals surface area contributed by atoms with Gasteiger partial charge in [0.2, 0.25) is 11.8 Å². The second kappa shape index (κ2) is 5.98. The lowest BCUT2D eigenvalue weighted by Crippen LogP contribution is -2.46. The molecule has 126 valence electrons. The fourth-order valence-electron chi connectivity index (χ4n) is 3.83. The van der Waals surface area contributed by atoms with E-state index in [2.05, 4.69) is 5.10 Å². The third kappa shape index (κ3) is 2.99. The number of rotatable bonds is 3. The predicted molar refractivity (Wildman–Crippen MR) is 86.8 cm³/mol. The summed E-state index contributed by atoms with van der Waals surface area (Å²) in [6, 6.07) is -0.268. The van der Waals surface area contributed by atoms with Crippen LogP contribution in [0.3, 0.4) is 0 Å². The van der Waals surface area contributed by atoms with Crippen LogP contribution in [0.5, 0.6) is 0 Å². The molecule has 0 radical (unpaired) electrons. The lowest BCUT2D eigenvalue weighted by molar-refractivity contribution is -0.136. The van der Waals surface area contributed by atoms with Crippen LogP contribution in [-0.4, -0.2) is 57.6 Å². The first-order valence-corrected chi connectivity index (χ1v) is 8.51. The SMILES string of the molecule is CCN1CC2(CCN(C(=O)[C@H](C)n3cc(C)cn3)CC2)CC1=O. The van der Waals surface area contributed by atoms with E-state index in [4.69, 9.17) is 0 Å². The Morgan fingerprint density at radius 3 is 2.61 bits per heavy atom. The summed E-state index contributed by atoms with van der Waals surface area (Å²) in [5.41, 5.74) is 1.15. The maximum absolute atomic E-state index is 12.7. The molecular formula is C17H26N4O2. The van der Waals surface area contributed by atoms with E-state index >= 15 is 0 Å². The molecule has 1 aromatic heterocycles. The molecule has 3 rings (SSSR count). The lowest BCUT2D eigenvalue weighted by Gasteiger charge is -2.39. The van der Waals surface area contributed by atoms with Crippen molar-refractivity contribution in [1.29, 1.82) is 0 Å². The molecule has 0 bridgehead atoms. The monoisotopic (exact) mass is 318 g/mol. The van der Waals surface area contributed by atoms with E-state index in [1.54, 1.807) is 10.9 Å². The van der Waals surface area contributed by atoms with Crippen molar-refractivity contribution in [1.82, 2.24) is 19.6 Å². The zero-order valence-electron chi connectivity index (χ0n) is 14.3. The molecule has 23 heavy (non-hydrogen) atoms. The van der Waals surface area contributed by atoms with Gasteiger partial charge in [-0.05, 0) is 39.2 Å². The van der Waals surface area contributed by atoms with Gasteiger partial charge in [-0.1, -0.05) is 0 Å². The Labute approximate surface area is 137 Å². The van der Waals surface area contributed by atoms with Crippen LogP contribution in [-0.2, 0) is 9.59 Å². The summed E-state index contributed by atoms with van der Waals surface area (Å²) in [7, 11) is 0. The topological polar surface area (TPSA) is 58.4 Å². The first-order chi connectivity index (χ1) is 10.9. The molecule has 0 unspecified atom stereocenters. The van der Waals surface area contributed by atoms with Gasteiger partial charge in [0.25, 0.3) is 0 Å². The Morgan fingerprint density at radius 1 is 1.39 bits per heavy atom. The molecule has 0 N–H and O–H groups in total. The van der Waals surface area contributed by atoms with Gasteiger partial charge in [0.1, 0.15) is 6.04 Å². The minimum absolute atomic E-state index is 0.0927. The molecule has 2 amide bonds. The molecule has 1 spiro atoms. The number of hydrogen-bond donors (Lipinski definition) is 0. The maximum Gasteiger partial charge on any atom is 0.247 e. The van der Waals surface area contributed by atoms with E-state index < -0.39 is 0 Å². The van der Waals surface area contributed by atoms with Crippen LogP contribution in [0.2, 0.25) is 0 Å². The second-order valence-electron chi connectivity index (χ2n) is 7.08. The van der Waals surface area contributed by atoms with E-state index in [9.17, 15) is 9.59 Å². The average Bonchev–Trinajstić information content (AvgIpc) is 3.10. The molecule has 0 aromatic carbocycles. The Kier molecular flexibility index (Phi) is 4.17. The highest BCUT2D eigenvalue weighted by Gasteiger charge is 2.45. The fourth-order valence-corrected chi connectivity index (χ4v) is 3.83. The molecule has 1 atom stereocenters. The van der Waals surface area contributed by atoms with Crippen LogP contribution in [0.25, 0.3) is 0 Å². The van der Waals surface area contributed by atoms with Crippen molar-refractivity contribution in [2.45, 2.75) is 46.1 Å². The Balaban J connectivity index is 1.61. The van der Waals surface area contributed by atoms with E-state index in [-0.39, 0.29) is 23.3 Å². The third-order valence-electron chi connectivity index (χ3n) is 5.41. The molecule has 0 saturated carbocycles. The smallest absolute Gasteiger partial charge is 0.247 e. The van der Waals surface area contributed by atoms with E-state index in [0.717, 1.165) is 44.6 Å². The molecule has 2 saturated heterocycles. The van der Waals surface area contributed by atoms with Gasteiger partial charge in [0.05, 0.1) is 6.20 Å². The van der Waals surface area contributed by atoms with Gasteiger partial charge in [-0.2, -0.15) is 5.10 Å².